The molecule has 0 radical (unpaired) electrons. The molecule has 3 rings (SSSR count). The highest BCUT2D eigenvalue weighted by molar-refractivity contribution is 8.26. The molecule has 6 nitrogen and oxygen atoms in total. The molecule has 0 aliphatic carbocycles. The zero-order chi connectivity index (χ0) is 22.8. The third-order valence-corrected chi connectivity index (χ3v) is 8.76. The third-order valence-electron chi connectivity index (χ3n) is 5.63. The number of hydrogen-bond acceptors (Lipinski definition) is 6. The van der Waals surface area contributed by atoms with Crippen LogP contribution in [-0.4, -0.2) is 65.0 Å². The molecule has 9 heteroatoms. The largest absolute Gasteiger partial charge is 0.339 e. The topological polar surface area (TPSA) is 74.8 Å². The molecule has 1 aromatic carbocycles. The van der Waals surface area contributed by atoms with E-state index in [1.165, 1.54) is 22.2 Å². The van der Waals surface area contributed by atoms with Gasteiger partial charge in [0, 0.05) is 25.6 Å². The molecule has 2 aliphatic heterocycles. The summed E-state index contributed by atoms with van der Waals surface area (Å²) in [5.41, 5.74) is 2.17. The SMILES string of the molecule is CCN(C(=O)CCN1C(=O)/C(=C/c2ccc(C(C)C)cc2)SC1=S)[C@@H]1CCS(=O)(=O)C1. The first kappa shape index (κ1) is 23.9. The summed E-state index contributed by atoms with van der Waals surface area (Å²) in [5, 5.41) is 0. The van der Waals surface area contributed by atoms with E-state index in [-0.39, 0.29) is 42.3 Å². The van der Waals surface area contributed by atoms with Gasteiger partial charge in [-0.05, 0) is 36.5 Å². The number of thioether (sulfide) groups is 1. The van der Waals surface area contributed by atoms with Crippen LogP contribution in [0.15, 0.2) is 29.2 Å². The van der Waals surface area contributed by atoms with E-state index in [1.807, 2.05) is 25.1 Å². The van der Waals surface area contributed by atoms with Crippen LogP contribution >= 0.6 is 24.0 Å². The number of nitrogens with zero attached hydrogens (tertiary/aromatic N) is 2. The van der Waals surface area contributed by atoms with Gasteiger partial charge in [-0.2, -0.15) is 0 Å². The van der Waals surface area contributed by atoms with Crippen LogP contribution < -0.4 is 0 Å². The molecule has 2 amide bonds. The van der Waals surface area contributed by atoms with Crippen LogP contribution in [0.25, 0.3) is 6.08 Å². The molecule has 0 aromatic heterocycles. The van der Waals surface area contributed by atoms with E-state index in [1.54, 1.807) is 4.90 Å². The molecule has 1 aromatic rings. The maximum absolute atomic E-state index is 12.8. The molecule has 2 fully saturated rings. The van der Waals surface area contributed by atoms with Crippen molar-refractivity contribution >= 4 is 56.0 Å². The summed E-state index contributed by atoms with van der Waals surface area (Å²) in [5.74, 6) is 0.247. The molecule has 2 aliphatic rings. The number of carbonyl (C=O) groups excluding carboxylic acids is 2. The minimum atomic E-state index is -3.07. The zero-order valence-electron chi connectivity index (χ0n) is 18.0. The molecular formula is C22H28N2O4S3. The Bertz CT molecular complexity index is 1000. The molecule has 2 heterocycles. The molecule has 0 saturated carbocycles. The molecule has 0 spiro atoms. The van der Waals surface area contributed by atoms with Crippen molar-refractivity contribution in [3.63, 3.8) is 0 Å². The predicted molar refractivity (Wildman–Crippen MR) is 129 cm³/mol. The summed E-state index contributed by atoms with van der Waals surface area (Å²) in [7, 11) is -3.07. The van der Waals surface area contributed by atoms with E-state index < -0.39 is 9.84 Å². The Hall–Kier alpha value is -1.71. The zero-order valence-corrected chi connectivity index (χ0v) is 20.5. The number of rotatable bonds is 7. The highest BCUT2D eigenvalue weighted by Crippen LogP contribution is 2.33. The van der Waals surface area contributed by atoms with Crippen LogP contribution in [-0.2, 0) is 19.4 Å². The van der Waals surface area contributed by atoms with Gasteiger partial charge in [0.1, 0.15) is 4.32 Å². The molecule has 0 unspecified atom stereocenters. The quantitative estimate of drug-likeness (QED) is 0.440. The van der Waals surface area contributed by atoms with Crippen LogP contribution in [0.5, 0.6) is 0 Å². The van der Waals surface area contributed by atoms with Gasteiger partial charge in [0.2, 0.25) is 5.91 Å². The second-order valence-corrected chi connectivity index (χ2v) is 12.0. The first-order valence-corrected chi connectivity index (χ1v) is 13.5. The molecule has 1 atom stereocenters. The van der Waals surface area contributed by atoms with Crippen molar-refractivity contribution in [2.75, 3.05) is 24.6 Å². The minimum Gasteiger partial charge on any atom is -0.339 e. The van der Waals surface area contributed by atoms with E-state index >= 15 is 0 Å². The van der Waals surface area contributed by atoms with Crippen molar-refractivity contribution in [3.05, 3.63) is 40.3 Å². The fourth-order valence-electron chi connectivity index (χ4n) is 3.83. The Balaban J connectivity index is 1.62. The normalized spacial score (nSPS) is 22.0. The smallest absolute Gasteiger partial charge is 0.266 e. The Morgan fingerprint density at radius 2 is 2.00 bits per heavy atom. The Morgan fingerprint density at radius 1 is 1.32 bits per heavy atom. The molecule has 168 valence electrons. The predicted octanol–water partition coefficient (Wildman–Crippen LogP) is 3.44. The number of amides is 2. The second-order valence-electron chi connectivity index (χ2n) is 8.14. The van der Waals surface area contributed by atoms with Crippen molar-refractivity contribution < 1.29 is 18.0 Å². The van der Waals surface area contributed by atoms with Crippen LogP contribution in [0.1, 0.15) is 50.7 Å². The second kappa shape index (κ2) is 9.83. The van der Waals surface area contributed by atoms with E-state index in [0.29, 0.717) is 28.1 Å². The first-order valence-electron chi connectivity index (χ1n) is 10.5. The van der Waals surface area contributed by atoms with Gasteiger partial charge < -0.3 is 4.90 Å². The lowest BCUT2D eigenvalue weighted by Crippen LogP contribution is -2.42. The number of sulfone groups is 1. The Labute approximate surface area is 194 Å². The van der Waals surface area contributed by atoms with Gasteiger partial charge in [0.05, 0.1) is 16.4 Å². The third kappa shape index (κ3) is 5.75. The van der Waals surface area contributed by atoms with Gasteiger partial charge in [-0.3, -0.25) is 14.5 Å². The fourth-order valence-corrected chi connectivity index (χ4v) is 6.87. The minimum absolute atomic E-state index is 0.0198. The van der Waals surface area contributed by atoms with E-state index in [4.69, 9.17) is 12.2 Å². The van der Waals surface area contributed by atoms with Crippen LogP contribution in [0.2, 0.25) is 0 Å². The molecule has 31 heavy (non-hydrogen) atoms. The first-order chi connectivity index (χ1) is 14.6. The van der Waals surface area contributed by atoms with Gasteiger partial charge in [-0.25, -0.2) is 8.42 Å². The van der Waals surface area contributed by atoms with Gasteiger partial charge in [-0.15, -0.1) is 0 Å². The van der Waals surface area contributed by atoms with Crippen molar-refractivity contribution in [3.8, 4) is 0 Å². The summed E-state index contributed by atoms with van der Waals surface area (Å²) >= 11 is 6.61. The van der Waals surface area contributed by atoms with Crippen LogP contribution in [0.4, 0.5) is 0 Å². The Kier molecular flexibility index (Phi) is 7.59. The van der Waals surface area contributed by atoms with Gasteiger partial charge in [0.15, 0.2) is 9.84 Å². The highest BCUT2D eigenvalue weighted by atomic mass is 32.2. The lowest BCUT2D eigenvalue weighted by Gasteiger charge is -2.27. The highest BCUT2D eigenvalue weighted by Gasteiger charge is 2.35. The maximum Gasteiger partial charge on any atom is 0.266 e. The lowest BCUT2D eigenvalue weighted by molar-refractivity contribution is -0.133. The van der Waals surface area contributed by atoms with E-state index in [9.17, 15) is 18.0 Å². The molecule has 0 bridgehead atoms. The van der Waals surface area contributed by atoms with E-state index in [0.717, 1.165) is 5.56 Å². The maximum atomic E-state index is 12.8. The standard InChI is InChI=1S/C22H28N2O4S3/c1-4-23(18-10-12-31(27,28)14-18)20(25)9-11-24-21(26)19(30-22(24)29)13-16-5-7-17(8-6-16)15(2)3/h5-8,13,15,18H,4,9-12,14H2,1-3H3/b19-13-/t18-/m1/s1. The fraction of sp³-hybridized carbons (Fsp3) is 0.500. The lowest BCUT2D eigenvalue weighted by atomic mass is 10.0. The van der Waals surface area contributed by atoms with Crippen molar-refractivity contribution in [2.24, 2.45) is 0 Å². The molecular weight excluding hydrogens is 452 g/mol. The summed E-state index contributed by atoms with van der Waals surface area (Å²) in [6.45, 7) is 6.75. The summed E-state index contributed by atoms with van der Waals surface area (Å²) in [6, 6.07) is 7.81. The molecule has 0 N–H and O–H groups in total. The number of benzene rings is 1. The van der Waals surface area contributed by atoms with Crippen molar-refractivity contribution in [1.29, 1.82) is 0 Å². The van der Waals surface area contributed by atoms with E-state index in [2.05, 4.69) is 26.0 Å². The monoisotopic (exact) mass is 480 g/mol. The van der Waals surface area contributed by atoms with Crippen LogP contribution in [0.3, 0.4) is 0 Å². The Morgan fingerprint density at radius 3 is 2.55 bits per heavy atom. The van der Waals surface area contributed by atoms with Crippen molar-refractivity contribution in [2.45, 2.75) is 45.6 Å². The molecule has 2 saturated heterocycles. The number of carbonyl (C=O) groups is 2. The summed E-state index contributed by atoms with van der Waals surface area (Å²) in [4.78, 5) is 29.2. The van der Waals surface area contributed by atoms with Gasteiger partial charge in [-0.1, -0.05) is 62.1 Å². The van der Waals surface area contributed by atoms with Gasteiger partial charge in [0.25, 0.3) is 5.91 Å². The number of hydrogen-bond donors (Lipinski definition) is 0. The number of thiocarbonyl (C=S) groups is 1. The average Bonchev–Trinajstić information content (AvgIpc) is 3.19. The summed E-state index contributed by atoms with van der Waals surface area (Å²) < 4.78 is 24.0. The van der Waals surface area contributed by atoms with Crippen LogP contribution in [0, 0.1) is 0 Å². The average molecular weight is 481 g/mol. The summed E-state index contributed by atoms with van der Waals surface area (Å²) in [6.07, 6.45) is 2.42. The van der Waals surface area contributed by atoms with Gasteiger partial charge >= 0.3 is 0 Å². The van der Waals surface area contributed by atoms with Crippen molar-refractivity contribution in [1.82, 2.24) is 9.80 Å².